The van der Waals surface area contributed by atoms with E-state index in [-0.39, 0.29) is 17.8 Å². The Balaban J connectivity index is 1.74. The molecule has 0 spiro atoms. The Kier molecular flexibility index (Phi) is 4.96. The molecule has 0 saturated carbocycles. The van der Waals surface area contributed by atoms with Crippen molar-refractivity contribution in [3.8, 4) is 11.1 Å². The van der Waals surface area contributed by atoms with Crippen molar-refractivity contribution in [2.75, 3.05) is 25.9 Å². The van der Waals surface area contributed by atoms with E-state index in [9.17, 15) is 4.79 Å². The fourth-order valence-electron chi connectivity index (χ4n) is 3.94. The molecule has 28 heavy (non-hydrogen) atoms. The minimum Gasteiger partial charge on any atom is -0.383 e. The molecule has 5 nitrogen and oxygen atoms in total. The summed E-state index contributed by atoms with van der Waals surface area (Å²) in [6, 6.07) is 11.9. The monoisotopic (exact) mass is 394 g/mol. The predicted molar refractivity (Wildman–Crippen MR) is 115 cm³/mol. The molecule has 0 radical (unpaired) electrons. The van der Waals surface area contributed by atoms with Crippen LogP contribution in [0.15, 0.2) is 42.6 Å². The zero-order valence-electron chi connectivity index (χ0n) is 16.0. The Labute approximate surface area is 169 Å². The van der Waals surface area contributed by atoms with Gasteiger partial charge in [0.25, 0.3) is 5.91 Å². The molecule has 1 saturated heterocycles. The van der Waals surface area contributed by atoms with E-state index in [4.69, 9.17) is 17.3 Å². The number of hydrogen-bond acceptors (Lipinski definition) is 4. The number of carbonyl (C=O) groups is 1. The molecule has 2 heterocycles. The third-order valence-corrected chi connectivity index (χ3v) is 5.70. The molecular formula is C22H23ClN4O. The second kappa shape index (κ2) is 7.41. The summed E-state index contributed by atoms with van der Waals surface area (Å²) in [4.78, 5) is 19.4. The Hall–Kier alpha value is -2.63. The first kappa shape index (κ1) is 18.7. The largest absolute Gasteiger partial charge is 0.383 e. The molecule has 4 rings (SSSR count). The third-order valence-electron chi connectivity index (χ3n) is 5.38. The first-order chi connectivity index (χ1) is 13.4. The number of fused-ring (bicyclic) bond motifs is 1. The second-order valence-electron chi connectivity index (χ2n) is 7.47. The number of nitrogens with two attached hydrogens (primary N) is 1. The van der Waals surface area contributed by atoms with Crippen LogP contribution in [0.2, 0.25) is 5.02 Å². The van der Waals surface area contributed by atoms with Crippen LogP contribution in [0.3, 0.4) is 0 Å². The lowest BCUT2D eigenvalue weighted by Gasteiger charge is -2.16. The predicted octanol–water partition coefficient (Wildman–Crippen LogP) is 3.88. The number of hydrogen-bond donors (Lipinski definition) is 2. The number of aryl methyl sites for hydroxylation is 1. The van der Waals surface area contributed by atoms with Crippen LogP contribution in [0.1, 0.15) is 22.3 Å². The van der Waals surface area contributed by atoms with E-state index in [2.05, 4.69) is 22.2 Å². The van der Waals surface area contributed by atoms with Crippen LogP contribution in [0, 0.1) is 6.92 Å². The van der Waals surface area contributed by atoms with Gasteiger partial charge in [0.1, 0.15) is 5.82 Å². The Bertz CT molecular complexity index is 1050. The average molecular weight is 395 g/mol. The molecule has 1 aromatic heterocycles. The Morgan fingerprint density at radius 2 is 2.14 bits per heavy atom. The summed E-state index contributed by atoms with van der Waals surface area (Å²) in [5.41, 5.74) is 9.60. The maximum absolute atomic E-state index is 12.9. The maximum atomic E-state index is 12.9. The molecule has 0 unspecified atom stereocenters. The summed E-state index contributed by atoms with van der Waals surface area (Å²) in [5, 5.41) is 5.46. The Morgan fingerprint density at radius 3 is 2.86 bits per heavy atom. The highest BCUT2D eigenvalue weighted by Gasteiger charge is 2.24. The zero-order chi connectivity index (χ0) is 19.8. The topological polar surface area (TPSA) is 71.2 Å². The first-order valence-corrected chi connectivity index (χ1v) is 9.75. The van der Waals surface area contributed by atoms with Gasteiger partial charge in [-0.1, -0.05) is 35.9 Å². The van der Waals surface area contributed by atoms with Gasteiger partial charge in [-0.25, -0.2) is 4.98 Å². The van der Waals surface area contributed by atoms with Crippen molar-refractivity contribution in [3.05, 3.63) is 58.7 Å². The third kappa shape index (κ3) is 3.43. The van der Waals surface area contributed by atoms with Crippen LogP contribution in [0.4, 0.5) is 5.82 Å². The van der Waals surface area contributed by atoms with E-state index in [1.165, 1.54) is 0 Å². The van der Waals surface area contributed by atoms with Crippen LogP contribution >= 0.6 is 11.6 Å². The number of likely N-dealkylation sites (N-methyl/N-ethyl adjacent to an activating group) is 1. The lowest BCUT2D eigenvalue weighted by Crippen LogP contribution is -2.37. The van der Waals surface area contributed by atoms with Crippen molar-refractivity contribution in [2.24, 2.45) is 0 Å². The second-order valence-corrected chi connectivity index (χ2v) is 7.88. The van der Waals surface area contributed by atoms with Crippen molar-refractivity contribution in [1.29, 1.82) is 0 Å². The molecule has 1 atom stereocenters. The summed E-state index contributed by atoms with van der Waals surface area (Å²) >= 11 is 6.43. The van der Waals surface area contributed by atoms with Crippen LogP contribution in [0.5, 0.6) is 0 Å². The van der Waals surface area contributed by atoms with E-state index >= 15 is 0 Å². The van der Waals surface area contributed by atoms with Crippen LogP contribution in [0.25, 0.3) is 21.9 Å². The first-order valence-electron chi connectivity index (χ1n) is 9.37. The normalized spacial score (nSPS) is 17.2. The molecule has 0 aliphatic carbocycles. The lowest BCUT2D eigenvalue weighted by molar-refractivity contribution is 0.0940. The van der Waals surface area contributed by atoms with Gasteiger partial charge >= 0.3 is 0 Å². The van der Waals surface area contributed by atoms with Crippen LogP contribution in [-0.2, 0) is 0 Å². The summed E-state index contributed by atoms with van der Waals surface area (Å²) in [7, 11) is 2.05. The molecule has 1 fully saturated rings. The van der Waals surface area contributed by atoms with Crippen molar-refractivity contribution in [1.82, 2.24) is 15.2 Å². The molecule has 1 aliphatic heterocycles. The zero-order valence-corrected chi connectivity index (χ0v) is 16.8. The van der Waals surface area contributed by atoms with Gasteiger partial charge in [-0.3, -0.25) is 4.79 Å². The van der Waals surface area contributed by atoms with Gasteiger partial charge in [0.05, 0.1) is 5.56 Å². The smallest absolute Gasteiger partial charge is 0.255 e. The number of benzene rings is 2. The van der Waals surface area contributed by atoms with Gasteiger partial charge in [0, 0.05) is 34.8 Å². The molecule has 3 aromatic rings. The van der Waals surface area contributed by atoms with E-state index in [0.29, 0.717) is 10.6 Å². The van der Waals surface area contributed by atoms with Gasteiger partial charge in [-0.05, 0) is 55.6 Å². The van der Waals surface area contributed by atoms with Gasteiger partial charge in [0.2, 0.25) is 0 Å². The summed E-state index contributed by atoms with van der Waals surface area (Å²) in [6.07, 6.45) is 2.65. The highest BCUT2D eigenvalue weighted by Crippen LogP contribution is 2.34. The number of amides is 1. The summed E-state index contributed by atoms with van der Waals surface area (Å²) < 4.78 is 0. The van der Waals surface area contributed by atoms with Crippen molar-refractivity contribution < 1.29 is 4.79 Å². The van der Waals surface area contributed by atoms with Gasteiger partial charge in [-0.15, -0.1) is 0 Å². The SMILES string of the molecule is Cc1cccc(Cl)c1-c1ccc2c(C(=O)N[C@H]3CCN(C)C3)c(N)ncc2c1. The Morgan fingerprint density at radius 1 is 1.32 bits per heavy atom. The number of carbonyl (C=O) groups excluding carboxylic acids is 1. The minimum absolute atomic E-state index is 0.136. The van der Waals surface area contributed by atoms with Crippen molar-refractivity contribution >= 4 is 34.1 Å². The molecule has 1 amide bonds. The highest BCUT2D eigenvalue weighted by molar-refractivity contribution is 6.33. The molecule has 1 aliphatic rings. The standard InChI is InChI=1S/C22H23ClN4O/c1-13-4-3-5-18(23)19(13)14-6-7-17-15(10-14)11-25-21(24)20(17)22(28)26-16-8-9-27(2)12-16/h3-7,10-11,16H,8-9,12H2,1-2H3,(H2,24,25)(H,26,28)/t16-/m0/s1. The number of pyridine rings is 1. The molecule has 2 aromatic carbocycles. The summed E-state index contributed by atoms with van der Waals surface area (Å²) in [5.74, 6) is 0.0793. The maximum Gasteiger partial charge on any atom is 0.255 e. The number of rotatable bonds is 3. The molecule has 144 valence electrons. The minimum atomic E-state index is -0.169. The van der Waals surface area contributed by atoms with E-state index in [1.807, 2.05) is 43.3 Å². The van der Waals surface area contributed by atoms with E-state index in [0.717, 1.165) is 47.0 Å². The van der Waals surface area contributed by atoms with Gasteiger partial charge < -0.3 is 16.0 Å². The number of nitrogens with zero attached hydrogens (tertiary/aromatic N) is 2. The van der Waals surface area contributed by atoms with E-state index in [1.54, 1.807) is 6.20 Å². The molecule has 3 N–H and O–H groups in total. The molecule has 0 bridgehead atoms. The number of likely N-dealkylation sites (tertiary alicyclic amines) is 1. The van der Waals surface area contributed by atoms with Crippen LogP contribution < -0.4 is 11.1 Å². The number of nitrogen functional groups attached to an aromatic ring is 1. The van der Waals surface area contributed by atoms with Crippen LogP contribution in [-0.4, -0.2) is 42.0 Å². The number of halogens is 1. The highest BCUT2D eigenvalue weighted by atomic mass is 35.5. The number of aromatic nitrogens is 1. The number of nitrogens with one attached hydrogen (secondary N) is 1. The fraction of sp³-hybridized carbons (Fsp3) is 0.273. The van der Waals surface area contributed by atoms with Gasteiger partial charge in [-0.2, -0.15) is 0 Å². The summed E-state index contributed by atoms with van der Waals surface area (Å²) in [6.45, 7) is 3.86. The average Bonchev–Trinajstić information content (AvgIpc) is 3.06. The quantitative estimate of drug-likeness (QED) is 0.707. The van der Waals surface area contributed by atoms with Crippen molar-refractivity contribution in [3.63, 3.8) is 0 Å². The molecular weight excluding hydrogens is 372 g/mol. The van der Waals surface area contributed by atoms with E-state index < -0.39 is 0 Å². The molecule has 6 heteroatoms. The van der Waals surface area contributed by atoms with Crippen molar-refractivity contribution in [2.45, 2.75) is 19.4 Å². The van der Waals surface area contributed by atoms with Gasteiger partial charge in [0.15, 0.2) is 0 Å². The number of anilines is 1. The fourth-order valence-corrected chi connectivity index (χ4v) is 4.27. The lowest BCUT2D eigenvalue weighted by atomic mass is 9.96.